The number of nitrogens with two attached hydrogens (primary N) is 1. The van der Waals surface area contributed by atoms with Crippen molar-refractivity contribution in [1.82, 2.24) is 9.55 Å². The number of rotatable bonds is 4. The molecule has 0 amide bonds. The van der Waals surface area contributed by atoms with E-state index in [1.54, 1.807) is 0 Å². The zero-order chi connectivity index (χ0) is 15.6. The fourth-order valence-electron chi connectivity index (χ4n) is 2.03. The van der Waals surface area contributed by atoms with Gasteiger partial charge in [0.1, 0.15) is 18.1 Å². The van der Waals surface area contributed by atoms with Gasteiger partial charge in [0, 0.05) is 6.20 Å². The minimum atomic E-state index is -4.66. The van der Waals surface area contributed by atoms with Crippen molar-refractivity contribution in [3.8, 4) is 0 Å². The van der Waals surface area contributed by atoms with E-state index in [1.165, 1.54) is 16.8 Å². The van der Waals surface area contributed by atoms with Gasteiger partial charge < -0.3 is 25.4 Å². The van der Waals surface area contributed by atoms with Crippen LogP contribution < -0.4 is 11.4 Å². The molecule has 1 fully saturated rings. The minimum absolute atomic E-state index is 0.0773. The topological polar surface area (TPSA) is 157 Å². The molecular formula is C10H16N3O7P. The number of aromatic nitrogens is 2. The Hall–Kier alpha value is -1.29. The third-order valence-corrected chi connectivity index (χ3v) is 3.52. The fraction of sp³-hybridized carbons (Fsp3) is 0.600. The molecule has 0 saturated carbocycles. The second-order valence-electron chi connectivity index (χ2n) is 4.60. The summed E-state index contributed by atoms with van der Waals surface area (Å²) in [4.78, 5) is 32.6. The average molecular weight is 321 g/mol. The van der Waals surface area contributed by atoms with Crippen molar-refractivity contribution < 1.29 is 28.7 Å². The van der Waals surface area contributed by atoms with Crippen molar-refractivity contribution in [3.05, 3.63) is 22.7 Å². The normalized spacial score (nSPS) is 26.7. The molecule has 2 heterocycles. The molecule has 0 aliphatic carbocycles. The van der Waals surface area contributed by atoms with Gasteiger partial charge in [-0.3, -0.25) is 9.09 Å². The van der Waals surface area contributed by atoms with E-state index in [1.807, 2.05) is 0 Å². The summed E-state index contributed by atoms with van der Waals surface area (Å²) in [5, 5.41) is 9.76. The van der Waals surface area contributed by atoms with Crippen LogP contribution >= 0.6 is 7.82 Å². The summed E-state index contributed by atoms with van der Waals surface area (Å²) in [6, 6.07) is 1.43. The molecule has 3 atom stereocenters. The summed E-state index contributed by atoms with van der Waals surface area (Å²) in [5.74, 6) is 0.0773. The zero-order valence-corrected chi connectivity index (χ0v) is 11.8. The summed E-state index contributed by atoms with van der Waals surface area (Å²) >= 11 is 0. The van der Waals surface area contributed by atoms with E-state index in [-0.39, 0.29) is 12.2 Å². The molecule has 21 heavy (non-hydrogen) atoms. The minimum Gasteiger partial charge on any atom is -0.390 e. The first-order valence-corrected chi connectivity index (χ1v) is 7.67. The molecule has 1 aromatic rings. The first-order valence-electron chi connectivity index (χ1n) is 6.14. The zero-order valence-electron chi connectivity index (χ0n) is 10.9. The Labute approximate surface area is 119 Å². The van der Waals surface area contributed by atoms with E-state index in [9.17, 15) is 14.5 Å². The number of aliphatic hydroxyl groups excluding tert-OH is 1. The van der Waals surface area contributed by atoms with E-state index in [0.717, 1.165) is 0 Å². The molecule has 1 saturated heterocycles. The van der Waals surface area contributed by atoms with Gasteiger partial charge in [-0.1, -0.05) is 0 Å². The molecular weight excluding hydrogens is 305 g/mol. The maximum Gasteiger partial charge on any atom is 0.469 e. The molecule has 2 rings (SSSR count). The first-order chi connectivity index (χ1) is 9.76. The van der Waals surface area contributed by atoms with Crippen LogP contribution in [-0.4, -0.2) is 43.3 Å². The lowest BCUT2D eigenvalue weighted by molar-refractivity contribution is -0.159. The van der Waals surface area contributed by atoms with E-state index in [0.29, 0.717) is 6.42 Å². The van der Waals surface area contributed by atoms with Gasteiger partial charge in [0.25, 0.3) is 0 Å². The SMILES string of the molecule is Nc1ccn([C@H]2CC[C@H](O)[C@@H](COP(=O)(O)O)O2)c(=O)n1. The smallest absolute Gasteiger partial charge is 0.390 e. The maximum atomic E-state index is 11.7. The standard InChI is InChI=1S/C10H16N3O7P/c11-8-3-4-13(10(15)12-8)9-2-1-6(14)7(20-9)5-19-21(16,17)18/h3-4,6-7,9,14H,1-2,5H2,(H2,11,12,15)(H2,16,17,18)/t6-,7+,9+/m0/s1. The fourth-order valence-corrected chi connectivity index (χ4v) is 2.37. The number of aliphatic hydroxyl groups is 1. The Kier molecular flexibility index (Phi) is 4.77. The summed E-state index contributed by atoms with van der Waals surface area (Å²) in [6.45, 7) is -0.487. The molecule has 118 valence electrons. The summed E-state index contributed by atoms with van der Waals surface area (Å²) in [5.41, 5.74) is 4.78. The van der Waals surface area contributed by atoms with E-state index in [4.69, 9.17) is 20.3 Å². The van der Waals surface area contributed by atoms with Crippen LogP contribution in [0, 0.1) is 0 Å². The highest BCUT2D eigenvalue weighted by Crippen LogP contribution is 2.37. The van der Waals surface area contributed by atoms with Crippen LogP contribution in [0.2, 0.25) is 0 Å². The summed E-state index contributed by atoms with van der Waals surface area (Å²) < 4.78 is 21.7. The molecule has 0 aromatic carbocycles. The number of nitrogen functional groups attached to an aromatic ring is 1. The van der Waals surface area contributed by atoms with Crippen LogP contribution in [0.1, 0.15) is 19.1 Å². The highest BCUT2D eigenvalue weighted by molar-refractivity contribution is 7.46. The van der Waals surface area contributed by atoms with Gasteiger partial charge in [0.2, 0.25) is 0 Å². The van der Waals surface area contributed by atoms with Crippen LogP contribution in [0.25, 0.3) is 0 Å². The van der Waals surface area contributed by atoms with E-state index >= 15 is 0 Å². The third kappa shape index (κ3) is 4.34. The second-order valence-corrected chi connectivity index (χ2v) is 5.84. The van der Waals surface area contributed by atoms with Gasteiger partial charge >= 0.3 is 13.5 Å². The summed E-state index contributed by atoms with van der Waals surface area (Å²) in [7, 11) is -4.66. The lowest BCUT2D eigenvalue weighted by Gasteiger charge is -2.34. The average Bonchev–Trinajstić information content (AvgIpc) is 2.37. The van der Waals surface area contributed by atoms with E-state index < -0.39 is 38.6 Å². The number of phosphoric acid groups is 1. The Morgan fingerprint density at radius 3 is 2.86 bits per heavy atom. The molecule has 10 nitrogen and oxygen atoms in total. The van der Waals surface area contributed by atoms with Crippen LogP contribution in [0.3, 0.4) is 0 Å². The molecule has 1 aromatic heterocycles. The predicted octanol–water partition coefficient (Wildman–Crippen LogP) is -1.03. The van der Waals surface area contributed by atoms with Gasteiger partial charge in [0.15, 0.2) is 0 Å². The quantitative estimate of drug-likeness (QED) is 0.509. The molecule has 1 aliphatic heterocycles. The van der Waals surface area contributed by atoms with Crippen molar-refractivity contribution in [1.29, 1.82) is 0 Å². The lowest BCUT2D eigenvalue weighted by atomic mass is 10.0. The molecule has 1 aliphatic rings. The lowest BCUT2D eigenvalue weighted by Crippen LogP contribution is -2.42. The van der Waals surface area contributed by atoms with Crippen LogP contribution in [-0.2, 0) is 13.8 Å². The molecule has 5 N–H and O–H groups in total. The largest absolute Gasteiger partial charge is 0.469 e. The van der Waals surface area contributed by atoms with Gasteiger partial charge in [-0.15, -0.1) is 0 Å². The molecule has 0 radical (unpaired) electrons. The molecule has 11 heteroatoms. The molecule has 0 bridgehead atoms. The van der Waals surface area contributed by atoms with Crippen LogP contribution in [0.4, 0.5) is 5.82 Å². The maximum absolute atomic E-state index is 11.7. The van der Waals surface area contributed by atoms with Gasteiger partial charge in [-0.2, -0.15) is 4.98 Å². The van der Waals surface area contributed by atoms with Crippen molar-refractivity contribution in [2.75, 3.05) is 12.3 Å². The Morgan fingerprint density at radius 2 is 2.24 bits per heavy atom. The van der Waals surface area contributed by atoms with Gasteiger partial charge in [0.05, 0.1) is 12.7 Å². The third-order valence-electron chi connectivity index (χ3n) is 3.04. The second kappa shape index (κ2) is 6.22. The number of hydrogen-bond acceptors (Lipinski definition) is 7. The van der Waals surface area contributed by atoms with Crippen LogP contribution in [0.5, 0.6) is 0 Å². The Morgan fingerprint density at radius 1 is 1.52 bits per heavy atom. The number of phosphoric ester groups is 1. The predicted molar refractivity (Wildman–Crippen MR) is 70.1 cm³/mol. The highest BCUT2D eigenvalue weighted by atomic mass is 31.2. The Balaban J connectivity index is 2.09. The number of nitrogens with zero attached hydrogens (tertiary/aromatic N) is 2. The van der Waals surface area contributed by atoms with Gasteiger partial charge in [-0.25, -0.2) is 9.36 Å². The van der Waals surface area contributed by atoms with Crippen molar-refractivity contribution >= 4 is 13.6 Å². The van der Waals surface area contributed by atoms with E-state index in [2.05, 4.69) is 9.51 Å². The summed E-state index contributed by atoms with van der Waals surface area (Å²) in [6.07, 6.45) is -0.561. The number of anilines is 1. The first kappa shape index (κ1) is 16.1. The van der Waals surface area contributed by atoms with Crippen molar-refractivity contribution in [2.45, 2.75) is 31.3 Å². The molecule has 0 unspecified atom stereocenters. The molecule has 0 spiro atoms. The highest BCUT2D eigenvalue weighted by Gasteiger charge is 2.33. The monoisotopic (exact) mass is 321 g/mol. The number of hydrogen-bond donors (Lipinski definition) is 4. The van der Waals surface area contributed by atoms with Crippen molar-refractivity contribution in [2.24, 2.45) is 0 Å². The Bertz CT molecular complexity index is 601. The van der Waals surface area contributed by atoms with Gasteiger partial charge in [-0.05, 0) is 18.9 Å². The van der Waals surface area contributed by atoms with Crippen molar-refractivity contribution in [3.63, 3.8) is 0 Å². The number of ether oxygens (including phenoxy) is 1. The van der Waals surface area contributed by atoms with Crippen LogP contribution in [0.15, 0.2) is 17.1 Å².